The molecule has 4 nitrogen and oxygen atoms in total. The Balaban J connectivity index is 2.09. The van der Waals surface area contributed by atoms with E-state index in [9.17, 15) is 0 Å². The van der Waals surface area contributed by atoms with Crippen LogP contribution in [0.5, 0.6) is 0 Å². The third kappa shape index (κ3) is 2.26. The van der Waals surface area contributed by atoms with Crippen molar-refractivity contribution in [3.05, 3.63) is 66.6 Å². The Bertz CT molecular complexity index is 673. The quantitative estimate of drug-likeness (QED) is 0.776. The molecule has 3 aromatic rings. The molecule has 0 spiro atoms. The molecule has 0 amide bonds. The van der Waals surface area contributed by atoms with Crippen LogP contribution < -0.4 is 5.73 Å². The highest BCUT2D eigenvalue weighted by atomic mass is 15.3. The Morgan fingerprint density at radius 2 is 1.89 bits per heavy atom. The second-order valence-corrected chi connectivity index (χ2v) is 4.25. The van der Waals surface area contributed by atoms with Crippen molar-refractivity contribution in [1.82, 2.24) is 14.8 Å². The zero-order valence-electron chi connectivity index (χ0n) is 10.4. The summed E-state index contributed by atoms with van der Waals surface area (Å²) >= 11 is 0. The molecule has 0 bridgehead atoms. The zero-order chi connectivity index (χ0) is 13.1. The number of hydrogen-bond acceptors (Lipinski definition) is 3. The second-order valence-electron chi connectivity index (χ2n) is 4.25. The van der Waals surface area contributed by atoms with Crippen LogP contribution in [0.1, 0.15) is 5.56 Å². The molecule has 3 rings (SSSR count). The molecule has 0 saturated heterocycles. The van der Waals surface area contributed by atoms with Crippen molar-refractivity contribution in [2.24, 2.45) is 5.73 Å². The van der Waals surface area contributed by atoms with Crippen LogP contribution in [-0.4, -0.2) is 14.8 Å². The maximum atomic E-state index is 5.66. The smallest absolute Gasteiger partial charge is 0.0756 e. The average molecular weight is 250 g/mol. The highest BCUT2D eigenvalue weighted by Crippen LogP contribution is 2.22. The lowest BCUT2D eigenvalue weighted by molar-refractivity contribution is 0.886. The molecule has 2 N–H and O–H groups in total. The number of nitrogens with zero attached hydrogens (tertiary/aromatic N) is 3. The molecule has 4 heteroatoms. The summed E-state index contributed by atoms with van der Waals surface area (Å²) < 4.78 is 1.90. The van der Waals surface area contributed by atoms with Gasteiger partial charge in [0.1, 0.15) is 0 Å². The van der Waals surface area contributed by atoms with E-state index < -0.39 is 0 Å². The topological polar surface area (TPSA) is 56.7 Å². The predicted octanol–water partition coefficient (Wildman–Crippen LogP) is 2.39. The van der Waals surface area contributed by atoms with Crippen LogP contribution in [0.3, 0.4) is 0 Å². The highest BCUT2D eigenvalue weighted by Gasteiger charge is 2.07. The van der Waals surface area contributed by atoms with Crippen molar-refractivity contribution in [3.63, 3.8) is 0 Å². The number of para-hydroxylation sites is 1. The largest absolute Gasteiger partial charge is 0.326 e. The van der Waals surface area contributed by atoms with Crippen molar-refractivity contribution < 1.29 is 0 Å². The first-order valence-corrected chi connectivity index (χ1v) is 6.12. The normalized spacial score (nSPS) is 10.6. The lowest BCUT2D eigenvalue weighted by Gasteiger charge is -2.08. The molecule has 0 unspecified atom stereocenters. The first kappa shape index (κ1) is 11.6. The SMILES string of the molecule is NCc1cncc(-c2ccnn2-c2ccccc2)c1. The van der Waals surface area contributed by atoms with E-state index in [4.69, 9.17) is 5.73 Å². The monoisotopic (exact) mass is 250 g/mol. The maximum absolute atomic E-state index is 5.66. The van der Waals surface area contributed by atoms with Gasteiger partial charge in [0.2, 0.25) is 0 Å². The van der Waals surface area contributed by atoms with Gasteiger partial charge in [0.05, 0.1) is 17.6 Å². The molecule has 0 aliphatic rings. The molecule has 0 atom stereocenters. The summed E-state index contributed by atoms with van der Waals surface area (Å²) in [7, 11) is 0. The summed E-state index contributed by atoms with van der Waals surface area (Å²) in [5.41, 5.74) is 9.73. The Labute approximate surface area is 111 Å². The van der Waals surface area contributed by atoms with Crippen molar-refractivity contribution in [2.75, 3.05) is 0 Å². The van der Waals surface area contributed by atoms with Gasteiger partial charge in [0.25, 0.3) is 0 Å². The van der Waals surface area contributed by atoms with E-state index >= 15 is 0 Å². The van der Waals surface area contributed by atoms with E-state index in [0.29, 0.717) is 6.54 Å². The number of aromatic nitrogens is 3. The molecule has 0 fully saturated rings. The molecule has 0 saturated carbocycles. The van der Waals surface area contributed by atoms with Gasteiger partial charge in [-0.05, 0) is 29.8 Å². The van der Waals surface area contributed by atoms with Crippen molar-refractivity contribution >= 4 is 0 Å². The van der Waals surface area contributed by atoms with Crippen LogP contribution in [0.15, 0.2) is 61.1 Å². The maximum Gasteiger partial charge on any atom is 0.0756 e. The lowest BCUT2D eigenvalue weighted by atomic mass is 10.1. The van der Waals surface area contributed by atoms with Gasteiger partial charge in [0.15, 0.2) is 0 Å². The van der Waals surface area contributed by atoms with E-state index in [-0.39, 0.29) is 0 Å². The molecule has 2 heterocycles. The summed E-state index contributed by atoms with van der Waals surface area (Å²) in [6, 6.07) is 14.1. The van der Waals surface area contributed by atoms with Gasteiger partial charge < -0.3 is 5.73 Å². The van der Waals surface area contributed by atoms with E-state index in [1.54, 1.807) is 12.4 Å². The van der Waals surface area contributed by atoms with Gasteiger partial charge in [-0.3, -0.25) is 4.98 Å². The molecule has 0 radical (unpaired) electrons. The summed E-state index contributed by atoms with van der Waals surface area (Å²) in [6.45, 7) is 0.486. The van der Waals surface area contributed by atoms with E-state index in [1.165, 1.54) is 0 Å². The average Bonchev–Trinajstić information content (AvgIpc) is 2.98. The minimum atomic E-state index is 0.486. The van der Waals surface area contributed by atoms with Crippen LogP contribution in [0.4, 0.5) is 0 Å². The minimum absolute atomic E-state index is 0.486. The van der Waals surface area contributed by atoms with Crippen LogP contribution in [-0.2, 0) is 6.54 Å². The second kappa shape index (κ2) is 5.04. The number of nitrogens with two attached hydrogens (primary N) is 1. The van der Waals surface area contributed by atoms with Gasteiger partial charge >= 0.3 is 0 Å². The summed E-state index contributed by atoms with van der Waals surface area (Å²) in [6.07, 6.45) is 5.40. The molecule has 1 aromatic carbocycles. The lowest BCUT2D eigenvalue weighted by Crippen LogP contribution is -2.01. The fraction of sp³-hybridized carbons (Fsp3) is 0.0667. The van der Waals surface area contributed by atoms with Gasteiger partial charge in [-0.25, -0.2) is 4.68 Å². The number of rotatable bonds is 3. The van der Waals surface area contributed by atoms with Crippen LogP contribution >= 0.6 is 0 Å². The molecule has 19 heavy (non-hydrogen) atoms. The van der Waals surface area contributed by atoms with Crippen LogP contribution in [0.25, 0.3) is 16.9 Å². The van der Waals surface area contributed by atoms with Crippen LogP contribution in [0, 0.1) is 0 Å². The molecule has 0 aliphatic carbocycles. The standard InChI is InChI=1S/C15H14N4/c16-9-12-8-13(11-17-10-12)15-6-7-18-19(15)14-4-2-1-3-5-14/h1-8,10-11H,9,16H2. The van der Waals surface area contributed by atoms with E-state index in [1.807, 2.05) is 53.3 Å². The fourth-order valence-corrected chi connectivity index (χ4v) is 2.04. The van der Waals surface area contributed by atoms with Crippen molar-refractivity contribution in [2.45, 2.75) is 6.54 Å². The van der Waals surface area contributed by atoms with Gasteiger partial charge in [-0.1, -0.05) is 18.2 Å². The Morgan fingerprint density at radius 3 is 2.68 bits per heavy atom. The first-order valence-electron chi connectivity index (χ1n) is 6.12. The summed E-state index contributed by atoms with van der Waals surface area (Å²) in [5.74, 6) is 0. The molecule has 0 aliphatic heterocycles. The van der Waals surface area contributed by atoms with Crippen molar-refractivity contribution in [3.8, 4) is 16.9 Å². The van der Waals surface area contributed by atoms with Gasteiger partial charge in [-0.15, -0.1) is 0 Å². The molecular weight excluding hydrogens is 236 g/mol. The number of hydrogen-bond donors (Lipinski definition) is 1. The summed E-state index contributed by atoms with van der Waals surface area (Å²) in [4.78, 5) is 4.23. The summed E-state index contributed by atoms with van der Waals surface area (Å²) in [5, 5.41) is 4.38. The fourth-order valence-electron chi connectivity index (χ4n) is 2.04. The van der Waals surface area contributed by atoms with Gasteiger partial charge in [0, 0.05) is 24.5 Å². The molecular formula is C15H14N4. The van der Waals surface area contributed by atoms with Crippen molar-refractivity contribution in [1.29, 1.82) is 0 Å². The minimum Gasteiger partial charge on any atom is -0.326 e. The molecule has 2 aromatic heterocycles. The Morgan fingerprint density at radius 1 is 1.05 bits per heavy atom. The molecule has 94 valence electrons. The van der Waals surface area contributed by atoms with Gasteiger partial charge in [-0.2, -0.15) is 5.10 Å². The first-order chi connectivity index (χ1) is 9.38. The zero-order valence-corrected chi connectivity index (χ0v) is 10.4. The highest BCUT2D eigenvalue weighted by molar-refractivity contribution is 5.61. The Hall–Kier alpha value is -2.46. The predicted molar refractivity (Wildman–Crippen MR) is 74.7 cm³/mol. The number of benzene rings is 1. The van der Waals surface area contributed by atoms with E-state index in [2.05, 4.69) is 10.1 Å². The third-order valence-corrected chi connectivity index (χ3v) is 2.97. The third-order valence-electron chi connectivity index (χ3n) is 2.97. The van der Waals surface area contributed by atoms with Crippen LogP contribution in [0.2, 0.25) is 0 Å². The number of pyridine rings is 1. The van der Waals surface area contributed by atoms with E-state index in [0.717, 1.165) is 22.5 Å². The Kier molecular flexibility index (Phi) is 3.08.